The molecule has 1 heterocycles. The van der Waals surface area contributed by atoms with Gasteiger partial charge in [0.15, 0.2) is 0 Å². The molecule has 1 aromatic rings. The number of nitrogens with one attached hydrogen (secondary N) is 1. The zero-order chi connectivity index (χ0) is 14.5. The van der Waals surface area contributed by atoms with Crippen molar-refractivity contribution >= 4 is 5.69 Å². The Morgan fingerprint density at radius 1 is 1.45 bits per heavy atom. The smallest absolute Gasteiger partial charge is 0.129 e. The molecule has 2 rings (SSSR count). The molecule has 0 radical (unpaired) electrons. The van der Waals surface area contributed by atoms with Crippen molar-refractivity contribution in [2.75, 3.05) is 24.6 Å². The highest BCUT2D eigenvalue weighted by atomic mass is 19.1. The highest BCUT2D eigenvalue weighted by Gasteiger charge is 2.22. The van der Waals surface area contributed by atoms with Gasteiger partial charge in [-0.15, -0.1) is 0 Å². The largest absolute Gasteiger partial charge is 0.375 e. The van der Waals surface area contributed by atoms with Crippen LogP contribution < -0.4 is 10.2 Å². The molecular weight excluding hydrogens is 255 g/mol. The third-order valence-electron chi connectivity index (χ3n) is 3.72. The molecule has 1 N–H and O–H groups in total. The average molecular weight is 280 g/mol. The van der Waals surface area contributed by atoms with E-state index >= 15 is 0 Å². The van der Waals surface area contributed by atoms with Gasteiger partial charge in [-0.25, -0.2) is 4.39 Å². The molecule has 0 aromatic heterocycles. The van der Waals surface area contributed by atoms with Crippen molar-refractivity contribution in [1.29, 1.82) is 0 Å². The van der Waals surface area contributed by atoms with E-state index in [1.54, 1.807) is 12.1 Å². The van der Waals surface area contributed by atoms with Crippen molar-refractivity contribution in [3.63, 3.8) is 0 Å². The minimum atomic E-state index is -0.129. The van der Waals surface area contributed by atoms with E-state index in [2.05, 4.69) is 31.0 Å². The number of nitrogens with zero attached hydrogens (tertiary/aromatic N) is 1. The maximum atomic E-state index is 14.1. The van der Waals surface area contributed by atoms with Crippen LogP contribution in [0.3, 0.4) is 0 Å². The predicted octanol–water partition coefficient (Wildman–Crippen LogP) is 2.94. The van der Waals surface area contributed by atoms with Gasteiger partial charge in [-0.05, 0) is 18.6 Å². The van der Waals surface area contributed by atoms with Crippen LogP contribution in [-0.2, 0) is 11.3 Å². The van der Waals surface area contributed by atoms with Gasteiger partial charge in [-0.2, -0.15) is 0 Å². The molecule has 1 aliphatic heterocycles. The first kappa shape index (κ1) is 15.3. The molecule has 1 aromatic carbocycles. The molecule has 0 bridgehead atoms. The maximum absolute atomic E-state index is 14.1. The second kappa shape index (κ2) is 7.04. The van der Waals surface area contributed by atoms with Gasteiger partial charge in [0.25, 0.3) is 0 Å². The number of ether oxygens (including phenoxy) is 1. The summed E-state index contributed by atoms with van der Waals surface area (Å²) in [5.74, 6) is -0.129. The van der Waals surface area contributed by atoms with Crippen LogP contribution in [0.25, 0.3) is 0 Å². The lowest BCUT2D eigenvalue weighted by atomic mass is 10.1. The summed E-state index contributed by atoms with van der Waals surface area (Å²) in [5, 5.41) is 3.31. The molecule has 0 aliphatic carbocycles. The van der Waals surface area contributed by atoms with E-state index in [-0.39, 0.29) is 11.9 Å². The molecule has 0 saturated carbocycles. The Bertz CT molecular complexity index is 436. The lowest BCUT2D eigenvalue weighted by molar-refractivity contribution is 0.0383. The summed E-state index contributed by atoms with van der Waals surface area (Å²) in [7, 11) is 0. The maximum Gasteiger partial charge on any atom is 0.129 e. The minimum absolute atomic E-state index is 0.129. The van der Waals surface area contributed by atoms with Crippen LogP contribution in [0.15, 0.2) is 18.2 Å². The fraction of sp³-hybridized carbons (Fsp3) is 0.625. The zero-order valence-corrected chi connectivity index (χ0v) is 12.7. The van der Waals surface area contributed by atoms with Gasteiger partial charge in [-0.1, -0.05) is 26.8 Å². The number of rotatable bonds is 5. The molecule has 20 heavy (non-hydrogen) atoms. The van der Waals surface area contributed by atoms with Gasteiger partial charge < -0.3 is 15.0 Å². The van der Waals surface area contributed by atoms with Crippen molar-refractivity contribution in [2.45, 2.75) is 45.9 Å². The minimum Gasteiger partial charge on any atom is -0.375 e. The van der Waals surface area contributed by atoms with Crippen molar-refractivity contribution < 1.29 is 9.13 Å². The molecule has 4 heteroatoms. The van der Waals surface area contributed by atoms with E-state index < -0.39 is 0 Å². The van der Waals surface area contributed by atoms with E-state index in [9.17, 15) is 4.39 Å². The van der Waals surface area contributed by atoms with Crippen LogP contribution in [0.1, 0.15) is 32.8 Å². The highest BCUT2D eigenvalue weighted by molar-refractivity contribution is 5.54. The van der Waals surface area contributed by atoms with Gasteiger partial charge in [0.1, 0.15) is 5.82 Å². The summed E-state index contributed by atoms with van der Waals surface area (Å²) in [6, 6.07) is 5.69. The zero-order valence-electron chi connectivity index (χ0n) is 12.7. The second-order valence-electron chi connectivity index (χ2n) is 5.62. The number of benzene rings is 1. The van der Waals surface area contributed by atoms with Crippen LogP contribution in [0.5, 0.6) is 0 Å². The van der Waals surface area contributed by atoms with Crippen molar-refractivity contribution in [3.05, 3.63) is 29.6 Å². The first-order valence-electron chi connectivity index (χ1n) is 7.49. The Hall–Kier alpha value is -1.13. The first-order chi connectivity index (χ1) is 9.61. The van der Waals surface area contributed by atoms with Crippen LogP contribution >= 0.6 is 0 Å². The lowest BCUT2D eigenvalue weighted by Gasteiger charge is -2.35. The standard InChI is InChI=1S/C16H25FN2O/c1-4-13-11-19(8-9-20-13)16-7-5-6-15(17)14(16)10-18-12(2)3/h5-7,12-13,18H,4,8-11H2,1-3H3. The van der Waals surface area contributed by atoms with Crippen LogP contribution in [0, 0.1) is 5.82 Å². The predicted molar refractivity (Wildman–Crippen MR) is 80.6 cm³/mol. The molecule has 1 aliphatic rings. The number of morpholine rings is 1. The van der Waals surface area contributed by atoms with Gasteiger partial charge in [0.05, 0.1) is 12.7 Å². The van der Waals surface area contributed by atoms with Crippen molar-refractivity contribution in [2.24, 2.45) is 0 Å². The van der Waals surface area contributed by atoms with E-state index in [1.165, 1.54) is 0 Å². The fourth-order valence-electron chi connectivity index (χ4n) is 2.51. The van der Waals surface area contributed by atoms with E-state index in [1.807, 2.05) is 6.07 Å². The van der Waals surface area contributed by atoms with Crippen LogP contribution in [-0.4, -0.2) is 31.8 Å². The molecule has 1 atom stereocenters. The van der Waals surface area contributed by atoms with Gasteiger partial charge in [-0.3, -0.25) is 0 Å². The number of halogens is 1. The Morgan fingerprint density at radius 2 is 2.25 bits per heavy atom. The summed E-state index contributed by atoms with van der Waals surface area (Å²) in [6.45, 7) is 9.22. The van der Waals surface area contributed by atoms with Crippen LogP contribution in [0.4, 0.5) is 10.1 Å². The number of hydrogen-bond acceptors (Lipinski definition) is 3. The Labute approximate surface area is 121 Å². The quantitative estimate of drug-likeness (QED) is 0.897. The van der Waals surface area contributed by atoms with Crippen molar-refractivity contribution in [1.82, 2.24) is 5.32 Å². The first-order valence-corrected chi connectivity index (χ1v) is 7.49. The summed E-state index contributed by atoms with van der Waals surface area (Å²) in [6.07, 6.45) is 1.24. The number of hydrogen-bond donors (Lipinski definition) is 1. The lowest BCUT2D eigenvalue weighted by Crippen LogP contribution is -2.43. The third kappa shape index (κ3) is 3.70. The van der Waals surface area contributed by atoms with Gasteiger partial charge >= 0.3 is 0 Å². The third-order valence-corrected chi connectivity index (χ3v) is 3.72. The Morgan fingerprint density at radius 3 is 2.95 bits per heavy atom. The summed E-state index contributed by atoms with van der Waals surface area (Å²) in [4.78, 5) is 2.25. The molecule has 1 saturated heterocycles. The van der Waals surface area contributed by atoms with Crippen molar-refractivity contribution in [3.8, 4) is 0 Å². The molecule has 112 valence electrons. The highest BCUT2D eigenvalue weighted by Crippen LogP contribution is 2.25. The molecule has 1 fully saturated rings. The molecule has 0 amide bonds. The summed E-state index contributed by atoms with van der Waals surface area (Å²) in [5.41, 5.74) is 1.76. The average Bonchev–Trinajstić information content (AvgIpc) is 2.45. The molecule has 1 unspecified atom stereocenters. The van der Waals surface area contributed by atoms with E-state index in [0.717, 1.165) is 30.8 Å². The van der Waals surface area contributed by atoms with E-state index in [4.69, 9.17) is 4.74 Å². The topological polar surface area (TPSA) is 24.5 Å². The Kier molecular flexibility index (Phi) is 5.38. The molecular formula is C16H25FN2O. The Balaban J connectivity index is 2.19. The SMILES string of the molecule is CCC1CN(c2cccc(F)c2CNC(C)C)CCO1. The monoisotopic (exact) mass is 280 g/mol. The van der Waals surface area contributed by atoms with Gasteiger partial charge in [0.2, 0.25) is 0 Å². The fourth-order valence-corrected chi connectivity index (χ4v) is 2.51. The number of anilines is 1. The van der Waals surface area contributed by atoms with E-state index in [0.29, 0.717) is 19.2 Å². The second-order valence-corrected chi connectivity index (χ2v) is 5.62. The summed E-state index contributed by atoms with van der Waals surface area (Å²) < 4.78 is 19.8. The molecule has 0 spiro atoms. The summed E-state index contributed by atoms with van der Waals surface area (Å²) >= 11 is 0. The normalized spacial score (nSPS) is 19.6. The van der Waals surface area contributed by atoms with Crippen LogP contribution in [0.2, 0.25) is 0 Å². The molecule has 3 nitrogen and oxygen atoms in total. The van der Waals surface area contributed by atoms with Gasteiger partial charge in [0, 0.05) is 36.9 Å².